The van der Waals surface area contributed by atoms with Crippen LogP contribution in [-0.2, 0) is 18.4 Å². The zero-order chi connectivity index (χ0) is 16.3. The summed E-state index contributed by atoms with van der Waals surface area (Å²) in [6, 6.07) is 5.32. The Labute approximate surface area is 134 Å². The molecule has 0 amide bonds. The average molecular weight is 342 g/mol. The van der Waals surface area contributed by atoms with E-state index in [9.17, 15) is 8.42 Å². The summed E-state index contributed by atoms with van der Waals surface area (Å²) in [6.07, 6.45) is 1.39. The maximum atomic E-state index is 11.6. The first kappa shape index (κ1) is 15.9. The van der Waals surface area contributed by atoms with Crippen molar-refractivity contribution in [1.82, 2.24) is 4.98 Å². The van der Waals surface area contributed by atoms with Crippen LogP contribution in [0.1, 0.15) is 27.7 Å². The number of fused-ring (bicyclic) bond motifs is 1. The van der Waals surface area contributed by atoms with Gasteiger partial charge < -0.3 is 14.3 Å². The number of hydrogen-bond acceptors (Lipinski definition) is 4. The van der Waals surface area contributed by atoms with Crippen molar-refractivity contribution in [2.24, 2.45) is 0 Å². The highest BCUT2D eigenvalue weighted by atomic mass is 35.7. The molecule has 0 atom stereocenters. The van der Waals surface area contributed by atoms with Crippen molar-refractivity contribution < 1.29 is 17.7 Å². The predicted molar refractivity (Wildman–Crippen MR) is 87.1 cm³/mol. The van der Waals surface area contributed by atoms with Gasteiger partial charge in [-0.2, -0.15) is 0 Å². The summed E-state index contributed by atoms with van der Waals surface area (Å²) in [5.74, 6) is 0. The van der Waals surface area contributed by atoms with Crippen molar-refractivity contribution in [2.45, 2.75) is 43.8 Å². The van der Waals surface area contributed by atoms with Crippen LogP contribution in [0.25, 0.3) is 10.9 Å². The van der Waals surface area contributed by atoms with Gasteiger partial charge in [-0.1, -0.05) is 18.2 Å². The standard InChI is InChI=1S/C14H17BClNO4S/c1-13(2)14(3,4)21-15(20-13)10-7-5-6-9-11(22(16,18)19)8-17-12(9)10/h5-8,17H,1-4H3. The van der Waals surface area contributed by atoms with Crippen molar-refractivity contribution in [1.29, 1.82) is 0 Å². The minimum atomic E-state index is -3.81. The molecule has 2 aromatic rings. The molecule has 5 nitrogen and oxygen atoms in total. The second-order valence-electron chi connectivity index (χ2n) is 6.45. The molecule has 0 bridgehead atoms. The summed E-state index contributed by atoms with van der Waals surface area (Å²) in [5, 5.41) is 0.530. The number of aromatic amines is 1. The Morgan fingerprint density at radius 3 is 2.27 bits per heavy atom. The molecule has 0 saturated carbocycles. The lowest BCUT2D eigenvalue weighted by molar-refractivity contribution is 0.00578. The van der Waals surface area contributed by atoms with Gasteiger partial charge in [0.15, 0.2) is 0 Å². The maximum Gasteiger partial charge on any atom is 0.497 e. The van der Waals surface area contributed by atoms with Gasteiger partial charge in [0.25, 0.3) is 9.05 Å². The number of hydrogen-bond donors (Lipinski definition) is 1. The number of para-hydroxylation sites is 1. The Morgan fingerprint density at radius 1 is 1.14 bits per heavy atom. The van der Waals surface area contributed by atoms with E-state index in [0.29, 0.717) is 10.9 Å². The lowest BCUT2D eigenvalue weighted by Crippen LogP contribution is -2.41. The molecule has 1 aliphatic heterocycles. The molecular weight excluding hydrogens is 324 g/mol. The quantitative estimate of drug-likeness (QED) is 0.673. The number of nitrogens with one attached hydrogen (secondary N) is 1. The fourth-order valence-corrected chi connectivity index (χ4v) is 3.54. The van der Waals surface area contributed by atoms with E-state index >= 15 is 0 Å². The first-order valence-corrected chi connectivity index (χ1v) is 9.24. The monoisotopic (exact) mass is 341 g/mol. The summed E-state index contributed by atoms with van der Waals surface area (Å²) in [6.45, 7) is 7.87. The normalized spacial score (nSPS) is 20.7. The largest absolute Gasteiger partial charge is 0.497 e. The fourth-order valence-electron chi connectivity index (χ4n) is 2.52. The Bertz CT molecular complexity index is 828. The van der Waals surface area contributed by atoms with E-state index < -0.39 is 27.4 Å². The smallest absolute Gasteiger partial charge is 0.399 e. The molecule has 2 heterocycles. The topological polar surface area (TPSA) is 68.4 Å². The highest BCUT2D eigenvalue weighted by Gasteiger charge is 2.52. The Morgan fingerprint density at radius 2 is 1.73 bits per heavy atom. The molecule has 0 radical (unpaired) electrons. The van der Waals surface area contributed by atoms with E-state index in [4.69, 9.17) is 20.0 Å². The molecule has 118 valence electrons. The van der Waals surface area contributed by atoms with Crippen molar-refractivity contribution >= 4 is 43.2 Å². The molecule has 0 aliphatic carbocycles. The third-order valence-electron chi connectivity index (χ3n) is 4.48. The number of benzene rings is 1. The second kappa shape index (κ2) is 4.74. The van der Waals surface area contributed by atoms with Crippen molar-refractivity contribution in [3.05, 3.63) is 24.4 Å². The summed E-state index contributed by atoms with van der Waals surface area (Å²) >= 11 is 0. The molecular formula is C14H17BClNO4S. The zero-order valence-corrected chi connectivity index (χ0v) is 14.4. The Kier molecular flexibility index (Phi) is 3.42. The van der Waals surface area contributed by atoms with Gasteiger partial charge in [-0.05, 0) is 27.7 Å². The number of aromatic nitrogens is 1. The van der Waals surface area contributed by atoms with E-state index in [1.807, 2.05) is 33.8 Å². The molecule has 0 unspecified atom stereocenters. The van der Waals surface area contributed by atoms with Crippen LogP contribution >= 0.6 is 10.7 Å². The molecule has 1 aliphatic rings. The fraction of sp³-hybridized carbons (Fsp3) is 0.429. The minimum Gasteiger partial charge on any atom is -0.399 e. The predicted octanol–water partition coefficient (Wildman–Crippen LogP) is 2.39. The number of rotatable bonds is 2. The van der Waals surface area contributed by atoms with Crippen LogP contribution in [0.3, 0.4) is 0 Å². The highest BCUT2D eigenvalue weighted by Crippen LogP contribution is 2.37. The van der Waals surface area contributed by atoms with Crippen LogP contribution in [-0.4, -0.2) is 31.7 Å². The lowest BCUT2D eigenvalue weighted by atomic mass is 9.78. The van der Waals surface area contributed by atoms with E-state index in [1.54, 1.807) is 12.1 Å². The number of H-pyrrole nitrogens is 1. The van der Waals surface area contributed by atoms with Gasteiger partial charge in [0, 0.05) is 33.2 Å². The van der Waals surface area contributed by atoms with Gasteiger partial charge in [0.2, 0.25) is 0 Å². The Hall–Kier alpha value is -1.02. The van der Waals surface area contributed by atoms with Gasteiger partial charge >= 0.3 is 7.12 Å². The summed E-state index contributed by atoms with van der Waals surface area (Å²) in [5.41, 5.74) is 0.477. The molecule has 0 spiro atoms. The third-order valence-corrected chi connectivity index (χ3v) is 5.84. The third kappa shape index (κ3) is 2.36. The molecule has 3 rings (SSSR count). The van der Waals surface area contributed by atoms with Crippen LogP contribution in [0.5, 0.6) is 0 Å². The van der Waals surface area contributed by atoms with Crippen molar-refractivity contribution in [3.63, 3.8) is 0 Å². The molecule has 1 N–H and O–H groups in total. The first-order chi connectivity index (χ1) is 10.0. The van der Waals surface area contributed by atoms with Crippen LogP contribution < -0.4 is 5.46 Å². The first-order valence-electron chi connectivity index (χ1n) is 6.93. The van der Waals surface area contributed by atoms with E-state index in [1.165, 1.54) is 6.20 Å². The average Bonchev–Trinajstić information content (AvgIpc) is 2.87. The van der Waals surface area contributed by atoms with E-state index in [2.05, 4.69) is 4.98 Å². The molecule has 1 aromatic carbocycles. The van der Waals surface area contributed by atoms with E-state index in [0.717, 1.165) is 5.46 Å². The molecule has 8 heteroatoms. The summed E-state index contributed by atoms with van der Waals surface area (Å²) in [7, 11) is 1.09. The van der Waals surface area contributed by atoms with Gasteiger partial charge in [0.1, 0.15) is 4.90 Å². The number of halogens is 1. The maximum absolute atomic E-state index is 11.6. The summed E-state index contributed by atoms with van der Waals surface area (Å²) < 4.78 is 35.3. The van der Waals surface area contributed by atoms with Crippen LogP contribution in [0.4, 0.5) is 0 Å². The molecule has 1 saturated heterocycles. The van der Waals surface area contributed by atoms with E-state index in [-0.39, 0.29) is 4.90 Å². The zero-order valence-electron chi connectivity index (χ0n) is 12.8. The lowest BCUT2D eigenvalue weighted by Gasteiger charge is -2.32. The van der Waals surface area contributed by atoms with Crippen LogP contribution in [0.15, 0.2) is 29.3 Å². The van der Waals surface area contributed by atoms with Crippen LogP contribution in [0, 0.1) is 0 Å². The molecule has 1 aromatic heterocycles. The molecule has 1 fully saturated rings. The van der Waals surface area contributed by atoms with Gasteiger partial charge in [0.05, 0.1) is 11.2 Å². The Balaban J connectivity index is 2.13. The molecule has 22 heavy (non-hydrogen) atoms. The minimum absolute atomic E-state index is 0.0579. The SMILES string of the molecule is CC1(C)OB(c2cccc3c(S(=O)(=O)Cl)c[nH]c23)OC1(C)C. The van der Waals surface area contributed by atoms with Gasteiger partial charge in [-0.15, -0.1) is 0 Å². The van der Waals surface area contributed by atoms with Crippen LogP contribution in [0.2, 0.25) is 0 Å². The van der Waals surface area contributed by atoms with Crippen molar-refractivity contribution in [3.8, 4) is 0 Å². The summed E-state index contributed by atoms with van der Waals surface area (Å²) in [4.78, 5) is 3.03. The van der Waals surface area contributed by atoms with Gasteiger partial charge in [-0.3, -0.25) is 0 Å². The second-order valence-corrected chi connectivity index (χ2v) is 8.98. The highest BCUT2D eigenvalue weighted by molar-refractivity contribution is 8.14. The van der Waals surface area contributed by atoms with Gasteiger partial charge in [-0.25, -0.2) is 8.42 Å². The van der Waals surface area contributed by atoms with Crippen molar-refractivity contribution in [2.75, 3.05) is 0 Å².